The van der Waals surface area contributed by atoms with E-state index in [1.165, 1.54) is 6.07 Å². The van der Waals surface area contributed by atoms with Crippen molar-refractivity contribution in [3.8, 4) is 17.0 Å². The molecule has 19 heavy (non-hydrogen) atoms. The summed E-state index contributed by atoms with van der Waals surface area (Å²) in [6, 6.07) is 4.83. The first-order valence-corrected chi connectivity index (χ1v) is 6.23. The van der Waals surface area contributed by atoms with Crippen LogP contribution in [0, 0.1) is 12.7 Å². The Hall–Kier alpha value is -1.88. The third-order valence-electron chi connectivity index (χ3n) is 2.67. The molecule has 1 aromatic heterocycles. The number of ether oxygens (including phenoxy) is 1. The lowest BCUT2D eigenvalue weighted by Gasteiger charge is -2.11. The van der Waals surface area contributed by atoms with Crippen LogP contribution in [0.25, 0.3) is 11.3 Å². The van der Waals surface area contributed by atoms with Crippen LogP contribution >= 0.6 is 0 Å². The molecule has 0 fully saturated rings. The van der Waals surface area contributed by atoms with E-state index in [0.717, 1.165) is 11.5 Å². The Morgan fingerprint density at radius 1 is 1.42 bits per heavy atom. The molecule has 0 aliphatic heterocycles. The van der Waals surface area contributed by atoms with E-state index in [0.29, 0.717) is 17.8 Å². The van der Waals surface area contributed by atoms with Crippen molar-refractivity contribution >= 4 is 0 Å². The number of aromatic amines is 1. The minimum Gasteiger partial charge on any atom is -0.488 e. The van der Waals surface area contributed by atoms with Crippen LogP contribution in [0.15, 0.2) is 18.2 Å². The van der Waals surface area contributed by atoms with Gasteiger partial charge in [-0.1, -0.05) is 0 Å². The van der Waals surface area contributed by atoms with Gasteiger partial charge in [-0.15, -0.1) is 0 Å². The Morgan fingerprint density at radius 3 is 2.74 bits per heavy atom. The second-order valence-electron chi connectivity index (χ2n) is 4.67. The van der Waals surface area contributed by atoms with E-state index < -0.39 is 5.82 Å². The monoisotopic (exact) mass is 263 g/mol. The van der Waals surface area contributed by atoms with Crippen LogP contribution < -0.4 is 10.5 Å². The fourth-order valence-corrected chi connectivity index (χ4v) is 1.92. The summed E-state index contributed by atoms with van der Waals surface area (Å²) in [5.74, 6) is 0.619. The molecule has 0 atom stereocenters. The van der Waals surface area contributed by atoms with Crippen molar-refractivity contribution in [3.05, 3.63) is 35.5 Å². The molecule has 2 rings (SSSR count). The van der Waals surface area contributed by atoms with Crippen LogP contribution in [-0.2, 0) is 6.54 Å². The fraction of sp³-hybridized carbons (Fsp3) is 0.357. The van der Waals surface area contributed by atoms with Crippen molar-refractivity contribution in [2.45, 2.75) is 33.4 Å². The van der Waals surface area contributed by atoms with Crippen molar-refractivity contribution in [3.63, 3.8) is 0 Å². The van der Waals surface area contributed by atoms with Crippen molar-refractivity contribution in [2.24, 2.45) is 5.73 Å². The van der Waals surface area contributed by atoms with Crippen LogP contribution in [0.4, 0.5) is 4.39 Å². The Balaban J connectivity index is 2.38. The van der Waals surface area contributed by atoms with Gasteiger partial charge in [0.05, 0.1) is 17.5 Å². The highest BCUT2D eigenvalue weighted by atomic mass is 19.1. The van der Waals surface area contributed by atoms with Gasteiger partial charge in [0.1, 0.15) is 5.82 Å². The van der Waals surface area contributed by atoms with E-state index in [1.807, 2.05) is 20.8 Å². The maximum atomic E-state index is 13.9. The third kappa shape index (κ3) is 2.93. The predicted octanol–water partition coefficient (Wildman–Crippen LogP) is 2.77. The van der Waals surface area contributed by atoms with Crippen molar-refractivity contribution in [1.29, 1.82) is 0 Å². The molecular weight excluding hydrogens is 245 g/mol. The van der Waals surface area contributed by atoms with Crippen molar-refractivity contribution in [2.75, 3.05) is 0 Å². The van der Waals surface area contributed by atoms with Gasteiger partial charge in [0, 0.05) is 12.1 Å². The normalized spacial score (nSPS) is 11.1. The number of rotatable bonds is 4. The highest BCUT2D eigenvalue weighted by molar-refractivity contribution is 5.63. The molecule has 0 radical (unpaired) electrons. The molecule has 0 spiro atoms. The Kier molecular flexibility index (Phi) is 3.85. The molecule has 5 heteroatoms. The molecule has 102 valence electrons. The topological polar surface area (TPSA) is 63.9 Å². The van der Waals surface area contributed by atoms with Gasteiger partial charge in [-0.3, -0.25) is 0 Å². The van der Waals surface area contributed by atoms with E-state index in [9.17, 15) is 4.39 Å². The summed E-state index contributed by atoms with van der Waals surface area (Å²) in [6.45, 7) is 5.89. The number of benzene rings is 1. The lowest BCUT2D eigenvalue weighted by Crippen LogP contribution is -2.07. The average molecular weight is 263 g/mol. The molecule has 4 nitrogen and oxygen atoms in total. The SMILES string of the molecule is Cc1nc(-c2ccc(OC(C)C)c(F)c2)c(CN)[nH]1. The summed E-state index contributed by atoms with van der Waals surface area (Å²) < 4.78 is 19.3. The third-order valence-corrected chi connectivity index (χ3v) is 2.67. The number of aryl methyl sites for hydroxylation is 1. The molecule has 0 saturated heterocycles. The molecule has 1 aromatic carbocycles. The first kappa shape index (κ1) is 13.5. The van der Waals surface area contributed by atoms with E-state index in [4.69, 9.17) is 10.5 Å². The summed E-state index contributed by atoms with van der Waals surface area (Å²) in [7, 11) is 0. The van der Waals surface area contributed by atoms with Gasteiger partial charge in [0.25, 0.3) is 0 Å². The summed E-state index contributed by atoms with van der Waals surface area (Å²) in [5, 5.41) is 0. The number of nitrogens with zero attached hydrogens (tertiary/aromatic N) is 1. The highest BCUT2D eigenvalue weighted by Gasteiger charge is 2.13. The smallest absolute Gasteiger partial charge is 0.165 e. The van der Waals surface area contributed by atoms with Gasteiger partial charge in [-0.05, 0) is 39.0 Å². The Bertz CT molecular complexity index is 578. The number of aromatic nitrogens is 2. The number of nitrogens with two attached hydrogens (primary N) is 1. The molecule has 1 heterocycles. The van der Waals surface area contributed by atoms with Crippen LogP contribution in [-0.4, -0.2) is 16.1 Å². The van der Waals surface area contributed by atoms with Gasteiger partial charge in [-0.2, -0.15) is 0 Å². The number of halogens is 1. The molecule has 2 aromatic rings. The summed E-state index contributed by atoms with van der Waals surface area (Å²) >= 11 is 0. The lowest BCUT2D eigenvalue weighted by atomic mass is 10.1. The zero-order valence-electron chi connectivity index (χ0n) is 11.3. The van der Waals surface area contributed by atoms with Crippen molar-refractivity contribution in [1.82, 2.24) is 9.97 Å². The van der Waals surface area contributed by atoms with Gasteiger partial charge in [-0.25, -0.2) is 9.37 Å². The van der Waals surface area contributed by atoms with Gasteiger partial charge in [0.2, 0.25) is 0 Å². The molecule has 0 saturated carbocycles. The zero-order valence-corrected chi connectivity index (χ0v) is 11.3. The van der Waals surface area contributed by atoms with Crippen LogP contribution in [0.3, 0.4) is 0 Å². The van der Waals surface area contributed by atoms with E-state index >= 15 is 0 Å². The largest absolute Gasteiger partial charge is 0.488 e. The molecule has 0 aliphatic rings. The van der Waals surface area contributed by atoms with E-state index in [1.54, 1.807) is 12.1 Å². The van der Waals surface area contributed by atoms with E-state index in [-0.39, 0.29) is 11.9 Å². The number of H-pyrrole nitrogens is 1. The molecule has 0 amide bonds. The standard InChI is InChI=1S/C14H18FN3O/c1-8(2)19-13-5-4-10(6-11(13)15)14-12(7-16)17-9(3)18-14/h4-6,8H,7,16H2,1-3H3,(H,17,18). The van der Waals surface area contributed by atoms with Crippen molar-refractivity contribution < 1.29 is 9.13 Å². The second-order valence-corrected chi connectivity index (χ2v) is 4.67. The zero-order chi connectivity index (χ0) is 14.0. The Labute approximate surface area is 111 Å². The average Bonchev–Trinajstić information content (AvgIpc) is 2.72. The number of imidazole rings is 1. The maximum Gasteiger partial charge on any atom is 0.165 e. The van der Waals surface area contributed by atoms with Gasteiger partial charge >= 0.3 is 0 Å². The molecule has 0 bridgehead atoms. The molecule has 3 N–H and O–H groups in total. The maximum absolute atomic E-state index is 13.9. The van der Waals surface area contributed by atoms with Crippen LogP contribution in [0.5, 0.6) is 5.75 Å². The van der Waals surface area contributed by atoms with Gasteiger partial charge < -0.3 is 15.5 Å². The minimum absolute atomic E-state index is 0.0624. The fourth-order valence-electron chi connectivity index (χ4n) is 1.92. The van der Waals surface area contributed by atoms with Crippen LogP contribution in [0.2, 0.25) is 0 Å². The lowest BCUT2D eigenvalue weighted by molar-refractivity contribution is 0.231. The summed E-state index contributed by atoms with van der Waals surface area (Å²) in [4.78, 5) is 7.41. The molecular formula is C14H18FN3O. The number of nitrogens with one attached hydrogen (secondary N) is 1. The second kappa shape index (κ2) is 5.40. The summed E-state index contributed by atoms with van der Waals surface area (Å²) in [6.07, 6.45) is -0.0624. The van der Waals surface area contributed by atoms with Gasteiger partial charge in [0.15, 0.2) is 11.6 Å². The van der Waals surface area contributed by atoms with Crippen LogP contribution in [0.1, 0.15) is 25.4 Å². The number of hydrogen-bond acceptors (Lipinski definition) is 3. The minimum atomic E-state index is -0.394. The highest BCUT2D eigenvalue weighted by Crippen LogP contribution is 2.27. The quantitative estimate of drug-likeness (QED) is 0.891. The summed E-state index contributed by atoms with van der Waals surface area (Å²) in [5.41, 5.74) is 7.83. The Morgan fingerprint density at radius 2 is 2.16 bits per heavy atom. The first-order chi connectivity index (χ1) is 9.01. The molecule has 0 aliphatic carbocycles. The van der Waals surface area contributed by atoms with E-state index in [2.05, 4.69) is 9.97 Å². The number of hydrogen-bond donors (Lipinski definition) is 2. The predicted molar refractivity (Wildman–Crippen MR) is 72.4 cm³/mol. The molecule has 0 unspecified atom stereocenters. The first-order valence-electron chi connectivity index (χ1n) is 6.23.